The van der Waals surface area contributed by atoms with Gasteiger partial charge in [-0.25, -0.2) is 4.39 Å². The summed E-state index contributed by atoms with van der Waals surface area (Å²) in [6.07, 6.45) is 8.00. The maximum atomic E-state index is 15.9. The monoisotopic (exact) mass is 630 g/mol. The molecular formula is C35H35FN2O2S3. The number of nitrogens with zero attached hydrogens (tertiary/aromatic N) is 2. The molecule has 5 aromatic rings. The summed E-state index contributed by atoms with van der Waals surface area (Å²) in [5, 5.41) is 0. The zero-order valence-electron chi connectivity index (χ0n) is 25.0. The van der Waals surface area contributed by atoms with Gasteiger partial charge in [0.25, 0.3) is 0 Å². The fraction of sp³-hybridized carbons (Fsp3) is 0.257. The molecule has 222 valence electrons. The van der Waals surface area contributed by atoms with Crippen LogP contribution in [0.5, 0.6) is 11.5 Å². The van der Waals surface area contributed by atoms with E-state index in [9.17, 15) is 0 Å². The van der Waals surface area contributed by atoms with Gasteiger partial charge in [-0.2, -0.15) is 8.75 Å². The number of thioether (sulfide) groups is 1. The SMILES string of the molecule is CS/C(=C\C=C\c1ccc(OCC(C)C)cc1)c1cc(F)c(-c2ccc(-c3ccc(OCC(C)C)cc3)s2)c2nsnc12. The number of hydrogen-bond donors (Lipinski definition) is 0. The second-order valence-corrected chi connectivity index (χ2v) is 13.5. The highest BCUT2D eigenvalue weighted by Crippen LogP contribution is 2.42. The lowest BCUT2D eigenvalue weighted by Gasteiger charge is -2.09. The fourth-order valence-corrected chi connectivity index (χ4v) is 6.61. The van der Waals surface area contributed by atoms with E-state index in [4.69, 9.17) is 9.47 Å². The predicted octanol–water partition coefficient (Wildman–Crippen LogP) is 10.7. The van der Waals surface area contributed by atoms with E-state index in [1.54, 1.807) is 29.2 Å². The summed E-state index contributed by atoms with van der Waals surface area (Å²) in [4.78, 5) is 2.80. The lowest BCUT2D eigenvalue weighted by Crippen LogP contribution is -2.04. The van der Waals surface area contributed by atoms with Crippen molar-refractivity contribution >= 4 is 56.8 Å². The molecule has 0 N–H and O–H groups in total. The van der Waals surface area contributed by atoms with Crippen LogP contribution in [-0.4, -0.2) is 28.2 Å². The van der Waals surface area contributed by atoms with E-state index < -0.39 is 0 Å². The molecule has 0 amide bonds. The zero-order chi connectivity index (χ0) is 30.3. The Kier molecular flexibility index (Phi) is 10.3. The molecule has 0 unspecified atom stereocenters. The molecule has 0 spiro atoms. The average molecular weight is 631 g/mol. The van der Waals surface area contributed by atoms with Gasteiger partial charge in [0.05, 0.1) is 30.5 Å². The molecule has 8 heteroatoms. The highest BCUT2D eigenvalue weighted by atomic mass is 32.2. The minimum Gasteiger partial charge on any atom is -0.493 e. The molecule has 0 atom stereocenters. The minimum absolute atomic E-state index is 0.304. The third kappa shape index (κ3) is 7.74. The van der Waals surface area contributed by atoms with Gasteiger partial charge in [-0.15, -0.1) is 23.1 Å². The standard InChI is InChI=1S/C35H35FN2O2S3/c1-22(2)20-39-26-13-9-24(10-14-26)7-6-8-31(41-5)28-19-29(36)33(35-34(28)37-43-38-35)32-18-17-30(42-32)25-11-15-27(16-12-25)40-21-23(3)4/h6-19,22-23H,20-21H2,1-5H3/b7-6+,31-8-. The summed E-state index contributed by atoms with van der Waals surface area (Å²) in [6.45, 7) is 9.89. The third-order valence-corrected chi connectivity index (χ3v) is 9.03. The van der Waals surface area contributed by atoms with E-state index in [-0.39, 0.29) is 5.82 Å². The molecule has 5 rings (SSSR count). The lowest BCUT2D eigenvalue weighted by atomic mass is 10.1. The topological polar surface area (TPSA) is 44.2 Å². The van der Waals surface area contributed by atoms with Crippen LogP contribution in [0.1, 0.15) is 38.8 Å². The van der Waals surface area contributed by atoms with Gasteiger partial charge < -0.3 is 9.47 Å². The molecule has 0 saturated heterocycles. The molecular weight excluding hydrogens is 596 g/mol. The normalized spacial score (nSPS) is 12.2. The van der Waals surface area contributed by atoms with Gasteiger partial charge in [-0.1, -0.05) is 52.0 Å². The molecule has 3 aromatic carbocycles. The van der Waals surface area contributed by atoms with Crippen LogP contribution >= 0.6 is 34.8 Å². The smallest absolute Gasteiger partial charge is 0.134 e. The molecule has 0 aliphatic heterocycles. The lowest BCUT2D eigenvalue weighted by molar-refractivity contribution is 0.271. The van der Waals surface area contributed by atoms with Gasteiger partial charge in [-0.05, 0) is 89.9 Å². The van der Waals surface area contributed by atoms with Crippen molar-refractivity contribution in [3.8, 4) is 32.4 Å². The number of rotatable bonds is 12. The number of ether oxygens (including phenoxy) is 2. The van der Waals surface area contributed by atoms with E-state index in [1.807, 2.05) is 85.1 Å². The van der Waals surface area contributed by atoms with Crippen molar-refractivity contribution in [3.05, 3.63) is 95.8 Å². The molecule has 0 bridgehead atoms. The number of hydrogen-bond acceptors (Lipinski definition) is 7. The highest BCUT2D eigenvalue weighted by Gasteiger charge is 2.21. The Hall–Kier alpha value is -3.46. The van der Waals surface area contributed by atoms with Crippen LogP contribution in [0.25, 0.3) is 42.9 Å². The highest BCUT2D eigenvalue weighted by molar-refractivity contribution is 8.07. The van der Waals surface area contributed by atoms with Gasteiger partial charge in [0, 0.05) is 20.2 Å². The molecule has 0 aliphatic carbocycles. The van der Waals surface area contributed by atoms with Crippen molar-refractivity contribution in [2.75, 3.05) is 19.5 Å². The van der Waals surface area contributed by atoms with E-state index in [2.05, 4.69) is 36.4 Å². The molecule has 0 saturated carbocycles. The Morgan fingerprint density at radius 3 is 2.07 bits per heavy atom. The van der Waals surface area contributed by atoms with Crippen molar-refractivity contribution in [1.29, 1.82) is 0 Å². The van der Waals surface area contributed by atoms with Crippen molar-refractivity contribution in [1.82, 2.24) is 8.75 Å². The van der Waals surface area contributed by atoms with Gasteiger partial charge in [0.1, 0.15) is 28.3 Å². The Labute approximate surface area is 265 Å². The van der Waals surface area contributed by atoms with Crippen molar-refractivity contribution in [2.45, 2.75) is 27.7 Å². The molecule has 2 aromatic heterocycles. The van der Waals surface area contributed by atoms with Crippen LogP contribution in [0.2, 0.25) is 0 Å². The van der Waals surface area contributed by atoms with Crippen LogP contribution in [0.15, 0.2) is 78.9 Å². The average Bonchev–Trinajstić information content (AvgIpc) is 3.69. The largest absolute Gasteiger partial charge is 0.493 e. The Morgan fingerprint density at radius 1 is 0.837 bits per heavy atom. The number of benzene rings is 3. The Bertz CT molecular complexity index is 1720. The first-order valence-electron chi connectivity index (χ1n) is 14.3. The van der Waals surface area contributed by atoms with Gasteiger partial charge in [0.2, 0.25) is 0 Å². The van der Waals surface area contributed by atoms with Crippen LogP contribution in [0.3, 0.4) is 0 Å². The van der Waals surface area contributed by atoms with Crippen LogP contribution in [0, 0.1) is 17.7 Å². The van der Waals surface area contributed by atoms with Gasteiger partial charge >= 0.3 is 0 Å². The van der Waals surface area contributed by atoms with Crippen molar-refractivity contribution < 1.29 is 13.9 Å². The number of thiophene rings is 1. The van der Waals surface area contributed by atoms with Crippen LogP contribution in [-0.2, 0) is 0 Å². The summed E-state index contributed by atoms with van der Waals surface area (Å²) in [5.41, 5.74) is 4.66. The summed E-state index contributed by atoms with van der Waals surface area (Å²) in [7, 11) is 0. The number of fused-ring (bicyclic) bond motifs is 1. The maximum Gasteiger partial charge on any atom is 0.134 e. The summed E-state index contributed by atoms with van der Waals surface area (Å²) in [5.74, 6) is 2.36. The zero-order valence-corrected chi connectivity index (χ0v) is 27.4. The molecule has 43 heavy (non-hydrogen) atoms. The Balaban J connectivity index is 1.38. The first-order chi connectivity index (χ1) is 20.8. The summed E-state index contributed by atoms with van der Waals surface area (Å²) in [6, 6.07) is 21.7. The predicted molar refractivity (Wildman–Crippen MR) is 184 cm³/mol. The van der Waals surface area contributed by atoms with Crippen molar-refractivity contribution in [2.24, 2.45) is 11.8 Å². The molecule has 0 aliphatic rings. The van der Waals surface area contributed by atoms with Crippen molar-refractivity contribution in [3.63, 3.8) is 0 Å². The fourth-order valence-electron chi connectivity index (χ4n) is 4.39. The Morgan fingerprint density at radius 2 is 1.44 bits per heavy atom. The molecule has 0 fully saturated rings. The second kappa shape index (κ2) is 14.3. The quantitative estimate of drug-likeness (QED) is 0.128. The number of aromatic nitrogens is 2. The minimum atomic E-state index is -0.304. The van der Waals surface area contributed by atoms with E-state index in [1.165, 1.54) is 0 Å². The van der Waals surface area contributed by atoms with E-state index in [0.717, 1.165) is 54.6 Å². The third-order valence-electron chi connectivity index (χ3n) is 6.55. The van der Waals surface area contributed by atoms with E-state index in [0.29, 0.717) is 41.6 Å². The van der Waals surface area contributed by atoms with Gasteiger partial charge in [-0.3, -0.25) is 0 Å². The number of halogens is 1. The molecule has 0 radical (unpaired) electrons. The van der Waals surface area contributed by atoms with E-state index >= 15 is 4.39 Å². The summed E-state index contributed by atoms with van der Waals surface area (Å²) < 4.78 is 36.6. The number of allylic oxidation sites excluding steroid dienone is 2. The molecule has 2 heterocycles. The second-order valence-electron chi connectivity index (χ2n) is 11.0. The first-order valence-corrected chi connectivity index (χ1v) is 17.0. The molecule has 4 nitrogen and oxygen atoms in total. The summed E-state index contributed by atoms with van der Waals surface area (Å²) >= 11 is 4.22. The van der Waals surface area contributed by atoms with Gasteiger partial charge in [0.15, 0.2) is 0 Å². The first kappa shape index (κ1) is 31.0. The van der Waals surface area contributed by atoms with Crippen LogP contribution in [0.4, 0.5) is 4.39 Å². The van der Waals surface area contributed by atoms with Crippen LogP contribution < -0.4 is 9.47 Å². The maximum absolute atomic E-state index is 15.9.